The lowest BCUT2D eigenvalue weighted by atomic mass is 10.1. The van der Waals surface area contributed by atoms with Gasteiger partial charge < -0.3 is 29.8 Å². The first-order valence-corrected chi connectivity index (χ1v) is 13.9. The maximum Gasteiger partial charge on any atom is 0.291 e. The van der Waals surface area contributed by atoms with Gasteiger partial charge in [-0.2, -0.15) is 0 Å². The minimum absolute atomic E-state index is 0.101. The van der Waals surface area contributed by atoms with E-state index in [1.54, 1.807) is 56.6 Å². The van der Waals surface area contributed by atoms with E-state index < -0.39 is 0 Å². The van der Waals surface area contributed by atoms with Crippen molar-refractivity contribution in [3.8, 4) is 0 Å². The molecule has 1 aliphatic heterocycles. The third kappa shape index (κ3) is 6.46. The fraction of sp³-hybridized carbons (Fsp3) is 0.242. The Labute approximate surface area is 245 Å². The number of nitrogens with zero attached hydrogens (tertiary/aromatic N) is 3. The predicted octanol–water partition coefficient (Wildman–Crippen LogP) is 4.80. The molecule has 1 saturated heterocycles. The number of nitrogens with one attached hydrogen (secondary N) is 2. The SMILES string of the molecule is Cc1ccccc1N1CCN(c2ccc(C(=O)NCc3cccc(C(=O)N(C)C)c3)cc2NC(=O)c2ccco2)CC1. The molecule has 5 rings (SSSR count). The maximum atomic E-state index is 13.2. The summed E-state index contributed by atoms with van der Waals surface area (Å²) in [5, 5.41) is 5.88. The molecule has 42 heavy (non-hydrogen) atoms. The number of carbonyl (C=O) groups excluding carboxylic acids is 3. The molecule has 216 valence electrons. The molecular formula is C33H35N5O4. The number of furan rings is 1. The second-order valence-corrected chi connectivity index (χ2v) is 10.5. The molecular weight excluding hydrogens is 530 g/mol. The van der Waals surface area contributed by atoms with E-state index in [4.69, 9.17) is 4.42 Å². The highest BCUT2D eigenvalue weighted by atomic mass is 16.3. The summed E-state index contributed by atoms with van der Waals surface area (Å²) in [6.07, 6.45) is 1.45. The molecule has 9 nitrogen and oxygen atoms in total. The molecule has 1 aromatic heterocycles. The van der Waals surface area contributed by atoms with Crippen molar-refractivity contribution in [3.63, 3.8) is 0 Å². The van der Waals surface area contributed by atoms with Crippen molar-refractivity contribution in [2.45, 2.75) is 13.5 Å². The number of aryl methyl sites for hydroxylation is 1. The molecule has 0 atom stereocenters. The zero-order valence-corrected chi connectivity index (χ0v) is 24.1. The fourth-order valence-corrected chi connectivity index (χ4v) is 5.11. The Morgan fingerprint density at radius 3 is 2.21 bits per heavy atom. The van der Waals surface area contributed by atoms with Crippen LogP contribution in [0.15, 0.2) is 89.5 Å². The van der Waals surface area contributed by atoms with Crippen LogP contribution >= 0.6 is 0 Å². The summed E-state index contributed by atoms with van der Waals surface area (Å²) >= 11 is 0. The molecule has 2 heterocycles. The molecule has 3 aromatic carbocycles. The first-order chi connectivity index (χ1) is 20.3. The zero-order valence-electron chi connectivity index (χ0n) is 24.1. The lowest BCUT2D eigenvalue weighted by Gasteiger charge is -2.38. The van der Waals surface area contributed by atoms with Crippen LogP contribution in [0.5, 0.6) is 0 Å². The van der Waals surface area contributed by atoms with Gasteiger partial charge in [0.15, 0.2) is 5.76 Å². The number of hydrogen-bond acceptors (Lipinski definition) is 6. The summed E-state index contributed by atoms with van der Waals surface area (Å²) in [6.45, 7) is 5.54. The van der Waals surface area contributed by atoms with Gasteiger partial charge in [-0.3, -0.25) is 14.4 Å². The zero-order chi connectivity index (χ0) is 29.6. The Morgan fingerprint density at radius 1 is 0.786 bits per heavy atom. The quantitative estimate of drug-likeness (QED) is 0.319. The number of piperazine rings is 1. The van der Waals surface area contributed by atoms with Crippen LogP contribution in [0.3, 0.4) is 0 Å². The third-order valence-electron chi connectivity index (χ3n) is 7.36. The summed E-state index contributed by atoms with van der Waals surface area (Å²) in [6, 6.07) is 24.2. The van der Waals surface area contributed by atoms with E-state index in [1.807, 2.05) is 18.2 Å². The van der Waals surface area contributed by atoms with Crippen LogP contribution in [-0.4, -0.2) is 62.9 Å². The highest BCUT2D eigenvalue weighted by molar-refractivity contribution is 6.05. The summed E-state index contributed by atoms with van der Waals surface area (Å²) in [5.41, 5.74) is 5.62. The Hall–Kier alpha value is -5.05. The third-order valence-corrected chi connectivity index (χ3v) is 7.36. The van der Waals surface area contributed by atoms with Gasteiger partial charge >= 0.3 is 0 Å². The van der Waals surface area contributed by atoms with Crippen LogP contribution in [0, 0.1) is 6.92 Å². The van der Waals surface area contributed by atoms with E-state index in [2.05, 4.69) is 45.6 Å². The van der Waals surface area contributed by atoms with Crippen LogP contribution < -0.4 is 20.4 Å². The van der Waals surface area contributed by atoms with E-state index in [9.17, 15) is 14.4 Å². The molecule has 0 saturated carbocycles. The Balaban J connectivity index is 1.33. The van der Waals surface area contributed by atoms with Gasteiger partial charge in [-0.05, 0) is 66.6 Å². The minimum atomic E-state index is -0.389. The average molecular weight is 566 g/mol. The first kappa shape index (κ1) is 28.5. The predicted molar refractivity (Wildman–Crippen MR) is 164 cm³/mol. The highest BCUT2D eigenvalue weighted by Gasteiger charge is 2.23. The molecule has 2 N–H and O–H groups in total. The number of rotatable bonds is 8. The fourth-order valence-electron chi connectivity index (χ4n) is 5.11. The van der Waals surface area contributed by atoms with Crippen LogP contribution in [0.25, 0.3) is 0 Å². The van der Waals surface area contributed by atoms with Crippen LogP contribution in [0.2, 0.25) is 0 Å². The lowest BCUT2D eigenvalue weighted by molar-refractivity contribution is 0.0827. The molecule has 0 radical (unpaired) electrons. The van der Waals surface area contributed by atoms with Gasteiger partial charge in [0.2, 0.25) is 0 Å². The van der Waals surface area contributed by atoms with E-state index >= 15 is 0 Å². The molecule has 4 aromatic rings. The first-order valence-electron chi connectivity index (χ1n) is 13.9. The van der Waals surface area contributed by atoms with E-state index in [-0.39, 0.29) is 30.0 Å². The second kappa shape index (κ2) is 12.6. The van der Waals surface area contributed by atoms with Gasteiger partial charge in [-0.1, -0.05) is 30.3 Å². The number of amides is 3. The minimum Gasteiger partial charge on any atom is -0.459 e. The summed E-state index contributed by atoms with van der Waals surface area (Å²) in [4.78, 5) is 44.6. The molecule has 3 amide bonds. The molecule has 0 spiro atoms. The van der Waals surface area contributed by atoms with Gasteiger partial charge in [-0.25, -0.2) is 0 Å². The Bertz CT molecular complexity index is 1570. The molecule has 1 fully saturated rings. The van der Waals surface area contributed by atoms with Gasteiger partial charge in [0, 0.05) is 63.6 Å². The second-order valence-electron chi connectivity index (χ2n) is 10.5. The van der Waals surface area contributed by atoms with Crippen molar-refractivity contribution < 1.29 is 18.8 Å². The van der Waals surface area contributed by atoms with Gasteiger partial charge in [-0.15, -0.1) is 0 Å². The van der Waals surface area contributed by atoms with Crippen molar-refractivity contribution in [1.82, 2.24) is 10.2 Å². The van der Waals surface area contributed by atoms with Crippen LogP contribution in [-0.2, 0) is 6.54 Å². The van der Waals surface area contributed by atoms with Crippen molar-refractivity contribution in [2.24, 2.45) is 0 Å². The molecule has 1 aliphatic rings. The van der Waals surface area contributed by atoms with Crippen LogP contribution in [0.1, 0.15) is 42.4 Å². The van der Waals surface area contributed by atoms with Crippen molar-refractivity contribution in [2.75, 3.05) is 55.4 Å². The monoisotopic (exact) mass is 565 g/mol. The van der Waals surface area contributed by atoms with E-state index in [0.29, 0.717) is 16.8 Å². The van der Waals surface area contributed by atoms with Crippen LogP contribution in [0.4, 0.5) is 17.1 Å². The average Bonchev–Trinajstić information content (AvgIpc) is 3.56. The molecule has 9 heteroatoms. The number of hydrogen-bond donors (Lipinski definition) is 2. The van der Waals surface area contributed by atoms with Gasteiger partial charge in [0.1, 0.15) is 0 Å². The van der Waals surface area contributed by atoms with E-state index in [1.165, 1.54) is 22.4 Å². The molecule has 0 bridgehead atoms. The van der Waals surface area contributed by atoms with Crippen molar-refractivity contribution in [1.29, 1.82) is 0 Å². The number of para-hydroxylation sites is 1. The highest BCUT2D eigenvalue weighted by Crippen LogP contribution is 2.30. The summed E-state index contributed by atoms with van der Waals surface area (Å²) in [5.74, 6) is -0.591. The molecule has 0 unspecified atom stereocenters. The Kier molecular flexibility index (Phi) is 8.57. The number of anilines is 3. The van der Waals surface area contributed by atoms with Crippen molar-refractivity contribution in [3.05, 3.63) is 113 Å². The topological polar surface area (TPSA) is 98.1 Å². The summed E-state index contributed by atoms with van der Waals surface area (Å²) in [7, 11) is 3.40. The van der Waals surface area contributed by atoms with E-state index in [0.717, 1.165) is 37.4 Å². The van der Waals surface area contributed by atoms with Gasteiger partial charge in [0.25, 0.3) is 17.7 Å². The number of benzene rings is 3. The molecule has 0 aliphatic carbocycles. The van der Waals surface area contributed by atoms with Gasteiger partial charge in [0.05, 0.1) is 17.6 Å². The largest absolute Gasteiger partial charge is 0.459 e. The van der Waals surface area contributed by atoms with Crippen molar-refractivity contribution >= 4 is 34.8 Å². The Morgan fingerprint density at radius 2 is 1.52 bits per heavy atom. The maximum absolute atomic E-state index is 13.2. The standard InChI is InChI=1S/C33H35N5O4/c1-23-8-4-5-11-28(23)37-15-17-38(18-16-37)29-14-13-25(21-27(29)35-32(40)30-12-7-19-42-30)31(39)34-22-24-9-6-10-26(20-24)33(41)36(2)3/h4-14,19-21H,15-18,22H2,1-3H3,(H,34,39)(H,35,40). The number of carbonyl (C=O) groups is 3. The normalized spacial score (nSPS) is 13.0. The smallest absolute Gasteiger partial charge is 0.291 e. The summed E-state index contributed by atoms with van der Waals surface area (Å²) < 4.78 is 5.29. The lowest BCUT2D eigenvalue weighted by Crippen LogP contribution is -2.47.